The van der Waals surface area contributed by atoms with Crippen LogP contribution in [0.25, 0.3) is 0 Å². The monoisotopic (exact) mass is 166 g/mol. The van der Waals surface area contributed by atoms with Gasteiger partial charge in [-0.05, 0) is 0 Å². The molecule has 0 bridgehead atoms. The van der Waals surface area contributed by atoms with E-state index in [2.05, 4.69) is 14.5 Å². The third-order valence-corrected chi connectivity index (χ3v) is 2.44. The Labute approximate surface area is 72.0 Å². The predicted molar refractivity (Wildman–Crippen MR) is 46.4 cm³/mol. The van der Waals surface area contributed by atoms with Gasteiger partial charge in [-0.15, -0.1) is 0 Å². The predicted octanol–water partition coefficient (Wildman–Crippen LogP) is -0.306. The Morgan fingerprint density at radius 1 is 1.67 bits per heavy atom. The smallest absolute Gasteiger partial charge is 0.0949 e. The fraction of sp³-hybridized carbons (Fsp3) is 0.625. The minimum absolute atomic E-state index is 0.635. The minimum atomic E-state index is 0.635. The summed E-state index contributed by atoms with van der Waals surface area (Å²) in [6, 6.07) is 0. The Kier molecular flexibility index (Phi) is 1.86. The van der Waals surface area contributed by atoms with Crippen molar-refractivity contribution < 1.29 is 0 Å². The molecule has 0 fully saturated rings. The normalized spacial score (nSPS) is 17.8. The van der Waals surface area contributed by atoms with Crippen molar-refractivity contribution in [2.45, 2.75) is 13.0 Å². The summed E-state index contributed by atoms with van der Waals surface area (Å²) < 4.78 is 2.10. The van der Waals surface area contributed by atoms with Crippen LogP contribution in [-0.2, 0) is 20.0 Å². The lowest BCUT2D eigenvalue weighted by atomic mass is 10.1. The standard InChI is InChI=1S/C8H14N4/c1-11-6-10-7-4-12(5-9)3-2-8(7)11/h6H,2-5,9H2,1H3. The first kappa shape index (κ1) is 7.76. The van der Waals surface area contributed by atoms with E-state index in [1.807, 2.05) is 13.4 Å². The van der Waals surface area contributed by atoms with Crippen molar-refractivity contribution in [1.82, 2.24) is 14.5 Å². The second-order valence-electron chi connectivity index (χ2n) is 3.23. The molecule has 4 heteroatoms. The summed E-state index contributed by atoms with van der Waals surface area (Å²) >= 11 is 0. The van der Waals surface area contributed by atoms with E-state index in [0.29, 0.717) is 6.67 Å². The molecule has 0 radical (unpaired) electrons. The number of rotatable bonds is 1. The van der Waals surface area contributed by atoms with Gasteiger partial charge >= 0.3 is 0 Å². The number of fused-ring (bicyclic) bond motifs is 1. The lowest BCUT2D eigenvalue weighted by Gasteiger charge is -2.24. The summed E-state index contributed by atoms with van der Waals surface area (Å²) in [5, 5.41) is 0. The Hall–Kier alpha value is -0.870. The molecule has 4 nitrogen and oxygen atoms in total. The molecule has 1 aromatic rings. The molecule has 2 heterocycles. The number of imidazole rings is 1. The van der Waals surface area contributed by atoms with E-state index in [1.54, 1.807) is 0 Å². The molecule has 0 aliphatic carbocycles. The average Bonchev–Trinajstić information content (AvgIpc) is 2.47. The van der Waals surface area contributed by atoms with E-state index < -0.39 is 0 Å². The molecule has 2 rings (SSSR count). The molecule has 0 atom stereocenters. The highest BCUT2D eigenvalue weighted by atomic mass is 15.2. The number of aromatic nitrogens is 2. The zero-order chi connectivity index (χ0) is 8.55. The fourth-order valence-electron chi connectivity index (χ4n) is 1.67. The molecule has 0 spiro atoms. The molecule has 1 aliphatic heterocycles. The maximum atomic E-state index is 5.56. The summed E-state index contributed by atoms with van der Waals surface area (Å²) in [6.45, 7) is 2.60. The molecule has 0 saturated heterocycles. The number of aryl methyl sites for hydroxylation is 1. The van der Waals surface area contributed by atoms with Crippen LogP contribution in [0.1, 0.15) is 11.4 Å². The van der Waals surface area contributed by atoms with Crippen molar-refractivity contribution in [3.63, 3.8) is 0 Å². The topological polar surface area (TPSA) is 47.1 Å². The molecule has 0 saturated carbocycles. The van der Waals surface area contributed by atoms with Gasteiger partial charge in [0.05, 0.1) is 12.0 Å². The summed E-state index contributed by atoms with van der Waals surface area (Å²) in [4.78, 5) is 6.52. The molecule has 12 heavy (non-hydrogen) atoms. The Morgan fingerprint density at radius 3 is 3.25 bits per heavy atom. The molecule has 1 aliphatic rings. The number of hydrogen-bond donors (Lipinski definition) is 1. The van der Waals surface area contributed by atoms with Crippen LogP contribution in [-0.4, -0.2) is 27.7 Å². The second kappa shape index (κ2) is 2.88. The van der Waals surface area contributed by atoms with Gasteiger partial charge in [0.15, 0.2) is 0 Å². The van der Waals surface area contributed by atoms with Gasteiger partial charge in [0.25, 0.3) is 0 Å². The Bertz CT molecular complexity index is 279. The first-order chi connectivity index (χ1) is 5.81. The molecule has 66 valence electrons. The molecule has 0 unspecified atom stereocenters. The summed E-state index contributed by atoms with van der Waals surface area (Å²) in [5.41, 5.74) is 8.11. The van der Waals surface area contributed by atoms with Crippen molar-refractivity contribution in [3.8, 4) is 0 Å². The van der Waals surface area contributed by atoms with Crippen molar-refractivity contribution in [1.29, 1.82) is 0 Å². The van der Waals surface area contributed by atoms with Gasteiger partial charge in [-0.3, -0.25) is 4.90 Å². The lowest BCUT2D eigenvalue weighted by molar-refractivity contribution is 0.256. The van der Waals surface area contributed by atoms with Gasteiger partial charge in [0.1, 0.15) is 0 Å². The van der Waals surface area contributed by atoms with Crippen LogP contribution >= 0.6 is 0 Å². The zero-order valence-corrected chi connectivity index (χ0v) is 7.32. The maximum Gasteiger partial charge on any atom is 0.0949 e. The third kappa shape index (κ3) is 1.13. The number of nitrogens with zero attached hydrogens (tertiary/aromatic N) is 3. The summed E-state index contributed by atoms with van der Waals surface area (Å²) in [7, 11) is 2.05. The number of hydrogen-bond acceptors (Lipinski definition) is 3. The van der Waals surface area contributed by atoms with Crippen molar-refractivity contribution in [2.75, 3.05) is 13.2 Å². The van der Waals surface area contributed by atoms with Gasteiger partial charge < -0.3 is 10.3 Å². The molecular weight excluding hydrogens is 152 g/mol. The van der Waals surface area contributed by atoms with Crippen LogP contribution in [0.3, 0.4) is 0 Å². The lowest BCUT2D eigenvalue weighted by Crippen LogP contribution is -2.35. The molecular formula is C8H14N4. The highest BCUT2D eigenvalue weighted by molar-refractivity contribution is 5.15. The summed E-state index contributed by atoms with van der Waals surface area (Å²) in [5.74, 6) is 0. The maximum absolute atomic E-state index is 5.56. The molecule has 0 amide bonds. The highest BCUT2D eigenvalue weighted by Crippen LogP contribution is 2.15. The SMILES string of the molecule is Cn1cnc2c1CCN(CN)C2. The van der Waals surface area contributed by atoms with Crippen molar-refractivity contribution >= 4 is 0 Å². The van der Waals surface area contributed by atoms with Gasteiger partial charge in [0, 0.05) is 38.9 Å². The van der Waals surface area contributed by atoms with Gasteiger partial charge in [-0.1, -0.05) is 0 Å². The van der Waals surface area contributed by atoms with Crippen LogP contribution in [0.4, 0.5) is 0 Å². The van der Waals surface area contributed by atoms with Crippen LogP contribution in [0.15, 0.2) is 6.33 Å². The second-order valence-corrected chi connectivity index (χ2v) is 3.23. The van der Waals surface area contributed by atoms with E-state index in [-0.39, 0.29) is 0 Å². The fourth-order valence-corrected chi connectivity index (χ4v) is 1.67. The van der Waals surface area contributed by atoms with Gasteiger partial charge in [-0.2, -0.15) is 0 Å². The molecule has 0 aromatic carbocycles. The van der Waals surface area contributed by atoms with Crippen molar-refractivity contribution in [2.24, 2.45) is 12.8 Å². The Balaban J connectivity index is 2.24. The summed E-state index contributed by atoms with van der Waals surface area (Å²) in [6.07, 6.45) is 2.95. The quantitative estimate of drug-likeness (QED) is 0.622. The highest BCUT2D eigenvalue weighted by Gasteiger charge is 2.18. The van der Waals surface area contributed by atoms with E-state index >= 15 is 0 Å². The minimum Gasteiger partial charge on any atom is -0.337 e. The van der Waals surface area contributed by atoms with Crippen LogP contribution in [0.5, 0.6) is 0 Å². The largest absolute Gasteiger partial charge is 0.337 e. The van der Waals surface area contributed by atoms with Crippen LogP contribution < -0.4 is 5.73 Å². The van der Waals surface area contributed by atoms with E-state index in [9.17, 15) is 0 Å². The average molecular weight is 166 g/mol. The first-order valence-electron chi connectivity index (χ1n) is 4.22. The van der Waals surface area contributed by atoms with Crippen LogP contribution in [0.2, 0.25) is 0 Å². The van der Waals surface area contributed by atoms with Crippen LogP contribution in [0, 0.1) is 0 Å². The van der Waals surface area contributed by atoms with E-state index in [0.717, 1.165) is 19.5 Å². The molecule has 2 N–H and O–H groups in total. The van der Waals surface area contributed by atoms with Gasteiger partial charge in [0.2, 0.25) is 0 Å². The number of nitrogens with two attached hydrogens (primary N) is 1. The third-order valence-electron chi connectivity index (χ3n) is 2.44. The first-order valence-corrected chi connectivity index (χ1v) is 4.22. The molecule has 1 aromatic heterocycles. The van der Waals surface area contributed by atoms with E-state index in [1.165, 1.54) is 11.4 Å². The van der Waals surface area contributed by atoms with Crippen molar-refractivity contribution in [3.05, 3.63) is 17.7 Å². The van der Waals surface area contributed by atoms with E-state index in [4.69, 9.17) is 5.73 Å². The zero-order valence-electron chi connectivity index (χ0n) is 7.32. The van der Waals surface area contributed by atoms with Gasteiger partial charge in [-0.25, -0.2) is 4.98 Å². The Morgan fingerprint density at radius 2 is 2.50 bits per heavy atom.